The number of rotatable bonds is 4. The lowest BCUT2D eigenvalue weighted by Crippen LogP contribution is -2.14. The van der Waals surface area contributed by atoms with Gasteiger partial charge in [-0.25, -0.2) is 0 Å². The molecule has 6 heteroatoms. The molecule has 0 atom stereocenters. The van der Waals surface area contributed by atoms with E-state index < -0.39 is 0 Å². The summed E-state index contributed by atoms with van der Waals surface area (Å²) in [6.45, 7) is 0. The van der Waals surface area contributed by atoms with E-state index in [1.54, 1.807) is 20.3 Å². The molecule has 0 saturated heterocycles. The van der Waals surface area contributed by atoms with Crippen molar-refractivity contribution in [2.24, 2.45) is 0 Å². The third-order valence-corrected chi connectivity index (χ3v) is 3.05. The van der Waals surface area contributed by atoms with Gasteiger partial charge in [0.25, 0.3) is 5.88 Å². The predicted molar refractivity (Wildman–Crippen MR) is 79.9 cm³/mol. The molecule has 1 aromatic heterocycles. The first kappa shape index (κ1) is 14.4. The first-order valence-electron chi connectivity index (χ1n) is 6.00. The molecule has 0 unspecified atom stereocenters. The smallest absolute Gasteiger partial charge is 0.260 e. The summed E-state index contributed by atoms with van der Waals surface area (Å²) in [4.78, 5) is 1.88. The fourth-order valence-electron chi connectivity index (χ4n) is 1.95. The molecule has 106 valence electrons. The normalized spacial score (nSPS) is 10.2. The van der Waals surface area contributed by atoms with Crippen LogP contribution in [0.1, 0.15) is 0 Å². The zero-order chi connectivity index (χ0) is 14.7. The van der Waals surface area contributed by atoms with Crippen LogP contribution in [-0.2, 0) is 0 Å². The van der Waals surface area contributed by atoms with Crippen LogP contribution in [-0.4, -0.2) is 38.5 Å². The van der Waals surface area contributed by atoms with E-state index >= 15 is 0 Å². The van der Waals surface area contributed by atoms with Gasteiger partial charge in [0, 0.05) is 24.7 Å². The molecular formula is C14H16ClN3O2. The Labute approximate surface area is 123 Å². The maximum Gasteiger partial charge on any atom is 0.260 e. The SMILES string of the molecule is COc1nnc(-c2cccc(Cl)c2)c(OC)c1N(C)C. The number of ether oxygens (including phenoxy) is 2. The van der Waals surface area contributed by atoms with Crippen molar-refractivity contribution in [3.8, 4) is 22.9 Å². The molecule has 0 aliphatic carbocycles. The lowest BCUT2D eigenvalue weighted by Gasteiger charge is -2.20. The summed E-state index contributed by atoms with van der Waals surface area (Å²) in [6.07, 6.45) is 0. The van der Waals surface area contributed by atoms with Gasteiger partial charge in [0.2, 0.25) is 0 Å². The van der Waals surface area contributed by atoms with Crippen molar-refractivity contribution in [2.45, 2.75) is 0 Å². The van der Waals surface area contributed by atoms with E-state index in [4.69, 9.17) is 21.1 Å². The molecule has 1 aromatic carbocycles. The molecule has 0 amide bonds. The minimum absolute atomic E-state index is 0.414. The standard InChI is InChI=1S/C14H16ClN3O2/c1-18(2)12-13(19-3)11(16-17-14(12)20-4)9-6-5-7-10(15)8-9/h5-8H,1-4H3. The van der Waals surface area contributed by atoms with Gasteiger partial charge in [-0.05, 0) is 12.1 Å². The van der Waals surface area contributed by atoms with Crippen molar-refractivity contribution in [1.82, 2.24) is 10.2 Å². The Kier molecular flexibility index (Phi) is 4.29. The average Bonchev–Trinajstić information content (AvgIpc) is 2.45. The van der Waals surface area contributed by atoms with Crippen LogP contribution in [0, 0.1) is 0 Å². The minimum atomic E-state index is 0.414. The molecule has 0 spiro atoms. The van der Waals surface area contributed by atoms with Gasteiger partial charge in [0.05, 0.1) is 14.2 Å². The first-order chi connectivity index (χ1) is 9.58. The van der Waals surface area contributed by atoms with E-state index in [0.29, 0.717) is 22.3 Å². The molecule has 0 fully saturated rings. The highest BCUT2D eigenvalue weighted by Gasteiger charge is 2.20. The van der Waals surface area contributed by atoms with Crippen LogP contribution in [0.2, 0.25) is 5.02 Å². The summed E-state index contributed by atoms with van der Waals surface area (Å²) in [5.74, 6) is 1.02. The molecule has 20 heavy (non-hydrogen) atoms. The number of halogens is 1. The fourth-order valence-corrected chi connectivity index (χ4v) is 2.14. The van der Waals surface area contributed by atoms with Crippen LogP contribution in [0.5, 0.6) is 11.6 Å². The second-order valence-corrected chi connectivity index (χ2v) is 4.78. The van der Waals surface area contributed by atoms with Crippen LogP contribution in [0.25, 0.3) is 11.3 Å². The van der Waals surface area contributed by atoms with Crippen LogP contribution in [0.3, 0.4) is 0 Å². The third-order valence-electron chi connectivity index (χ3n) is 2.82. The van der Waals surface area contributed by atoms with Crippen LogP contribution in [0.15, 0.2) is 24.3 Å². The van der Waals surface area contributed by atoms with Crippen molar-refractivity contribution in [2.75, 3.05) is 33.2 Å². The largest absolute Gasteiger partial charge is 0.492 e. The zero-order valence-electron chi connectivity index (χ0n) is 11.8. The van der Waals surface area contributed by atoms with Crippen LogP contribution in [0.4, 0.5) is 5.69 Å². The second-order valence-electron chi connectivity index (χ2n) is 4.34. The van der Waals surface area contributed by atoms with Gasteiger partial charge in [-0.3, -0.25) is 0 Å². The molecule has 0 bridgehead atoms. The summed E-state index contributed by atoms with van der Waals surface area (Å²) in [6, 6.07) is 7.39. The topological polar surface area (TPSA) is 47.5 Å². The van der Waals surface area contributed by atoms with Gasteiger partial charge in [-0.1, -0.05) is 23.7 Å². The second kappa shape index (κ2) is 5.96. The predicted octanol–water partition coefficient (Wildman–Crippen LogP) is 2.88. The lowest BCUT2D eigenvalue weighted by atomic mass is 10.1. The van der Waals surface area contributed by atoms with E-state index in [0.717, 1.165) is 11.3 Å². The number of benzene rings is 1. The van der Waals surface area contributed by atoms with E-state index in [1.165, 1.54) is 0 Å². The maximum atomic E-state index is 6.03. The number of hydrogen-bond acceptors (Lipinski definition) is 5. The number of hydrogen-bond donors (Lipinski definition) is 0. The van der Waals surface area contributed by atoms with Gasteiger partial charge < -0.3 is 14.4 Å². The Morgan fingerprint density at radius 3 is 2.40 bits per heavy atom. The Hall–Kier alpha value is -2.01. The van der Waals surface area contributed by atoms with Gasteiger partial charge in [0.1, 0.15) is 11.4 Å². The summed E-state index contributed by atoms with van der Waals surface area (Å²) in [5, 5.41) is 8.92. The van der Waals surface area contributed by atoms with Gasteiger partial charge >= 0.3 is 0 Å². The van der Waals surface area contributed by atoms with Gasteiger partial charge in [0.15, 0.2) is 5.75 Å². The Morgan fingerprint density at radius 2 is 1.85 bits per heavy atom. The highest BCUT2D eigenvalue weighted by Crippen LogP contribution is 2.41. The number of anilines is 1. The molecule has 1 heterocycles. The molecule has 0 aliphatic rings. The quantitative estimate of drug-likeness (QED) is 0.867. The van der Waals surface area contributed by atoms with Crippen molar-refractivity contribution >= 4 is 17.3 Å². The molecule has 2 aromatic rings. The molecule has 0 saturated carbocycles. The summed E-state index contributed by atoms with van der Waals surface area (Å²) in [5.41, 5.74) is 2.20. The van der Waals surface area contributed by atoms with Crippen molar-refractivity contribution < 1.29 is 9.47 Å². The van der Waals surface area contributed by atoms with E-state index in [9.17, 15) is 0 Å². The van der Waals surface area contributed by atoms with Crippen molar-refractivity contribution in [3.05, 3.63) is 29.3 Å². The molecule has 2 rings (SSSR count). The lowest BCUT2D eigenvalue weighted by molar-refractivity contribution is 0.377. The maximum absolute atomic E-state index is 6.03. The summed E-state index contributed by atoms with van der Waals surface area (Å²) < 4.78 is 10.7. The molecule has 0 N–H and O–H groups in total. The number of nitrogens with zero attached hydrogens (tertiary/aromatic N) is 3. The summed E-state index contributed by atoms with van der Waals surface area (Å²) in [7, 11) is 6.93. The van der Waals surface area contributed by atoms with E-state index in [-0.39, 0.29) is 0 Å². The molecule has 0 aliphatic heterocycles. The van der Waals surface area contributed by atoms with Crippen LogP contribution < -0.4 is 14.4 Å². The number of aromatic nitrogens is 2. The monoisotopic (exact) mass is 293 g/mol. The van der Waals surface area contributed by atoms with E-state index in [1.807, 2.05) is 37.2 Å². The Morgan fingerprint density at radius 1 is 1.10 bits per heavy atom. The minimum Gasteiger partial charge on any atom is -0.492 e. The molecular weight excluding hydrogens is 278 g/mol. The highest BCUT2D eigenvalue weighted by atomic mass is 35.5. The third kappa shape index (κ3) is 2.63. The average molecular weight is 294 g/mol. The van der Waals surface area contributed by atoms with Crippen molar-refractivity contribution in [1.29, 1.82) is 0 Å². The van der Waals surface area contributed by atoms with Crippen molar-refractivity contribution in [3.63, 3.8) is 0 Å². The Balaban J connectivity index is 2.68. The van der Waals surface area contributed by atoms with E-state index in [2.05, 4.69) is 10.2 Å². The number of methoxy groups -OCH3 is 2. The summed E-state index contributed by atoms with van der Waals surface area (Å²) >= 11 is 6.03. The van der Waals surface area contributed by atoms with Crippen LogP contribution >= 0.6 is 11.6 Å². The molecule has 0 radical (unpaired) electrons. The highest BCUT2D eigenvalue weighted by molar-refractivity contribution is 6.30. The van der Waals surface area contributed by atoms with Gasteiger partial charge in [-0.15, -0.1) is 10.2 Å². The first-order valence-corrected chi connectivity index (χ1v) is 6.38. The zero-order valence-corrected chi connectivity index (χ0v) is 12.6. The van der Waals surface area contributed by atoms with Gasteiger partial charge in [-0.2, -0.15) is 0 Å². The molecule has 5 nitrogen and oxygen atoms in total. The fraction of sp³-hybridized carbons (Fsp3) is 0.286. The Bertz CT molecular complexity index is 617.